The van der Waals surface area contributed by atoms with E-state index in [1.54, 1.807) is 6.07 Å². The number of thioether (sulfide) groups is 1. The van der Waals surface area contributed by atoms with Gasteiger partial charge in [-0.05, 0) is 23.4 Å². The number of aromatic nitrogens is 2. The van der Waals surface area contributed by atoms with Crippen molar-refractivity contribution in [3.8, 4) is 0 Å². The van der Waals surface area contributed by atoms with Crippen molar-refractivity contribution in [2.24, 2.45) is 0 Å². The summed E-state index contributed by atoms with van der Waals surface area (Å²) in [4.78, 5) is 19.2. The molecule has 0 fully saturated rings. The van der Waals surface area contributed by atoms with Crippen LogP contribution in [0, 0.1) is 0 Å². The van der Waals surface area contributed by atoms with Crippen LogP contribution in [0.25, 0.3) is 0 Å². The van der Waals surface area contributed by atoms with Gasteiger partial charge in [0.1, 0.15) is 11.0 Å². The standard InChI is InChI=1S/C14H12F3N3O3S2/c1-23-13(21)11-12(19-7-6-18-11)20-25(22)8-9-4-2-3-5-10(9)24-14(15,16)17/h2-7H,8H2,1H3,(H,19,20). The molecule has 2 rings (SSSR count). The van der Waals surface area contributed by atoms with Crippen LogP contribution in [0.3, 0.4) is 0 Å². The third kappa shape index (κ3) is 5.71. The molecule has 0 spiro atoms. The Morgan fingerprint density at radius 1 is 1.28 bits per heavy atom. The highest BCUT2D eigenvalue weighted by Gasteiger charge is 2.30. The highest BCUT2D eigenvalue weighted by molar-refractivity contribution is 8.00. The van der Waals surface area contributed by atoms with Gasteiger partial charge in [0.05, 0.1) is 12.9 Å². The van der Waals surface area contributed by atoms with Gasteiger partial charge < -0.3 is 4.74 Å². The fourth-order valence-electron chi connectivity index (χ4n) is 1.79. The van der Waals surface area contributed by atoms with E-state index in [2.05, 4.69) is 19.4 Å². The number of ether oxygens (including phenoxy) is 1. The minimum absolute atomic E-state index is 0.0440. The predicted molar refractivity (Wildman–Crippen MR) is 87.2 cm³/mol. The van der Waals surface area contributed by atoms with Crippen LogP contribution < -0.4 is 4.72 Å². The van der Waals surface area contributed by atoms with Gasteiger partial charge in [0, 0.05) is 17.3 Å². The Kier molecular flexibility index (Phi) is 6.37. The molecule has 0 bridgehead atoms. The summed E-state index contributed by atoms with van der Waals surface area (Å²) < 4.78 is 57.0. The molecule has 1 heterocycles. The third-order valence-corrected chi connectivity index (χ3v) is 4.62. The van der Waals surface area contributed by atoms with Crippen LogP contribution in [0.5, 0.6) is 0 Å². The Balaban J connectivity index is 2.16. The lowest BCUT2D eigenvalue weighted by molar-refractivity contribution is -0.0328. The highest BCUT2D eigenvalue weighted by Crippen LogP contribution is 2.38. The molecule has 6 nitrogen and oxygen atoms in total. The first-order valence-electron chi connectivity index (χ1n) is 6.68. The lowest BCUT2D eigenvalue weighted by atomic mass is 10.2. The van der Waals surface area contributed by atoms with Crippen LogP contribution in [0.4, 0.5) is 19.0 Å². The van der Waals surface area contributed by atoms with E-state index in [4.69, 9.17) is 0 Å². The molecule has 1 N–H and O–H groups in total. The van der Waals surface area contributed by atoms with E-state index in [0.29, 0.717) is 0 Å². The molecule has 1 atom stereocenters. The van der Waals surface area contributed by atoms with Crippen molar-refractivity contribution >= 4 is 34.5 Å². The van der Waals surface area contributed by atoms with Crippen molar-refractivity contribution in [3.05, 3.63) is 47.9 Å². The van der Waals surface area contributed by atoms with Crippen molar-refractivity contribution in [2.45, 2.75) is 16.2 Å². The molecule has 0 aliphatic rings. The molecule has 25 heavy (non-hydrogen) atoms. The van der Waals surface area contributed by atoms with E-state index >= 15 is 0 Å². The summed E-state index contributed by atoms with van der Waals surface area (Å²) in [7, 11) is -0.675. The number of benzene rings is 1. The molecule has 0 saturated carbocycles. The van der Waals surface area contributed by atoms with Crippen molar-refractivity contribution in [1.82, 2.24) is 9.97 Å². The number of halogens is 3. The van der Waals surface area contributed by atoms with Crippen LogP contribution in [0.15, 0.2) is 41.6 Å². The van der Waals surface area contributed by atoms with Crippen molar-refractivity contribution in [2.75, 3.05) is 11.8 Å². The fourth-order valence-corrected chi connectivity index (χ4v) is 3.52. The molecule has 1 aromatic carbocycles. The molecular weight excluding hydrogens is 379 g/mol. The van der Waals surface area contributed by atoms with Gasteiger partial charge in [-0.3, -0.25) is 4.72 Å². The number of nitrogens with one attached hydrogen (secondary N) is 1. The number of nitrogens with zero attached hydrogens (tertiary/aromatic N) is 2. The Morgan fingerprint density at radius 2 is 1.96 bits per heavy atom. The number of esters is 1. The maximum atomic E-state index is 12.6. The highest BCUT2D eigenvalue weighted by atomic mass is 32.2. The van der Waals surface area contributed by atoms with Gasteiger partial charge in [0.2, 0.25) is 0 Å². The maximum absolute atomic E-state index is 12.6. The van der Waals surface area contributed by atoms with Gasteiger partial charge in [0.15, 0.2) is 11.5 Å². The average molecular weight is 391 g/mol. The van der Waals surface area contributed by atoms with Crippen LogP contribution in [-0.4, -0.2) is 32.8 Å². The molecule has 11 heteroatoms. The zero-order chi connectivity index (χ0) is 18.4. The van der Waals surface area contributed by atoms with Crippen LogP contribution in [0.1, 0.15) is 16.1 Å². The molecule has 0 aliphatic heterocycles. The first-order valence-corrected chi connectivity index (χ1v) is 8.81. The van der Waals surface area contributed by atoms with E-state index in [0.717, 1.165) is 7.11 Å². The molecular formula is C14H12F3N3O3S2. The molecule has 0 aliphatic carbocycles. The van der Waals surface area contributed by atoms with Gasteiger partial charge in [-0.25, -0.2) is 19.0 Å². The van der Waals surface area contributed by atoms with E-state index in [1.807, 2.05) is 0 Å². The van der Waals surface area contributed by atoms with Crippen molar-refractivity contribution in [1.29, 1.82) is 0 Å². The summed E-state index contributed by atoms with van der Waals surface area (Å²) in [6, 6.07) is 5.76. The molecule has 2 aromatic rings. The van der Waals surface area contributed by atoms with E-state index in [-0.39, 0.29) is 39.5 Å². The summed E-state index contributed by atoms with van der Waals surface area (Å²) in [5, 5.41) is 0. The number of carbonyl (C=O) groups is 1. The zero-order valence-electron chi connectivity index (χ0n) is 12.7. The number of methoxy groups -OCH3 is 1. The first-order chi connectivity index (χ1) is 11.8. The topological polar surface area (TPSA) is 81.2 Å². The Morgan fingerprint density at radius 3 is 2.64 bits per heavy atom. The fraction of sp³-hybridized carbons (Fsp3) is 0.214. The first kappa shape index (κ1) is 19.2. The molecule has 0 saturated heterocycles. The molecule has 0 radical (unpaired) electrons. The maximum Gasteiger partial charge on any atom is 0.446 e. The molecule has 0 amide bonds. The molecule has 1 unspecified atom stereocenters. The summed E-state index contributed by atoms with van der Waals surface area (Å²) in [5.74, 6) is -1.06. The van der Waals surface area contributed by atoms with E-state index < -0.39 is 22.5 Å². The van der Waals surface area contributed by atoms with Gasteiger partial charge in [-0.15, -0.1) is 0 Å². The van der Waals surface area contributed by atoms with Gasteiger partial charge >= 0.3 is 11.5 Å². The second-order valence-electron chi connectivity index (χ2n) is 4.49. The lowest BCUT2D eigenvalue weighted by Crippen LogP contribution is -2.15. The number of hydrogen-bond acceptors (Lipinski definition) is 6. The SMILES string of the molecule is COC(=O)c1nccnc1NS(=O)Cc1ccccc1SC(F)(F)F. The average Bonchev–Trinajstić information content (AvgIpc) is 2.55. The van der Waals surface area contributed by atoms with Gasteiger partial charge in [0.25, 0.3) is 0 Å². The van der Waals surface area contributed by atoms with Crippen LogP contribution >= 0.6 is 11.8 Å². The molecule has 1 aromatic heterocycles. The summed E-state index contributed by atoms with van der Waals surface area (Å²) >= 11 is -0.277. The normalized spacial score (nSPS) is 12.5. The molecule has 134 valence electrons. The third-order valence-electron chi connectivity index (χ3n) is 2.77. The second-order valence-corrected chi connectivity index (χ2v) is 6.78. The number of hydrogen-bond donors (Lipinski definition) is 1. The smallest absolute Gasteiger partial charge is 0.446 e. The minimum Gasteiger partial charge on any atom is -0.464 e. The number of anilines is 1. The van der Waals surface area contributed by atoms with E-state index in [9.17, 15) is 22.2 Å². The Bertz CT molecular complexity index is 787. The van der Waals surface area contributed by atoms with Crippen molar-refractivity contribution in [3.63, 3.8) is 0 Å². The summed E-state index contributed by atoms with van der Waals surface area (Å²) in [6.07, 6.45) is 2.54. The van der Waals surface area contributed by atoms with Crippen molar-refractivity contribution < 1.29 is 26.9 Å². The monoisotopic (exact) mass is 391 g/mol. The Hall–Kier alpha value is -2.14. The van der Waals surface area contributed by atoms with E-state index in [1.165, 1.54) is 30.6 Å². The summed E-state index contributed by atoms with van der Waals surface area (Å²) in [5.41, 5.74) is -4.37. The largest absolute Gasteiger partial charge is 0.464 e. The summed E-state index contributed by atoms with van der Waals surface area (Å²) in [6.45, 7) is 0. The lowest BCUT2D eigenvalue weighted by Gasteiger charge is -2.12. The predicted octanol–water partition coefficient (Wildman–Crippen LogP) is 3.15. The number of alkyl halides is 3. The number of rotatable bonds is 6. The quantitative estimate of drug-likeness (QED) is 0.602. The Labute approximate surface area is 147 Å². The number of carbonyl (C=O) groups excluding carboxylic acids is 1. The zero-order valence-corrected chi connectivity index (χ0v) is 14.4. The van der Waals surface area contributed by atoms with Gasteiger partial charge in [-0.1, -0.05) is 18.2 Å². The van der Waals surface area contributed by atoms with Crippen LogP contribution in [0.2, 0.25) is 0 Å². The second kappa shape index (κ2) is 8.30. The van der Waals surface area contributed by atoms with Gasteiger partial charge in [-0.2, -0.15) is 13.2 Å². The minimum atomic E-state index is -4.45. The van der Waals surface area contributed by atoms with Crippen LogP contribution in [-0.2, 0) is 21.5 Å².